The van der Waals surface area contributed by atoms with E-state index in [4.69, 9.17) is 10.5 Å². The smallest absolute Gasteiger partial charge is 0.146 e. The minimum Gasteiger partial charge on any atom is -0.377 e. The number of rotatable bonds is 3. The molecule has 1 heterocycles. The van der Waals surface area contributed by atoms with Gasteiger partial charge in [-0.2, -0.15) is 0 Å². The van der Waals surface area contributed by atoms with E-state index < -0.39 is 0 Å². The molecule has 0 aromatic heterocycles. The van der Waals surface area contributed by atoms with Crippen LogP contribution in [0.4, 0.5) is 10.1 Å². The van der Waals surface area contributed by atoms with Crippen LogP contribution in [0, 0.1) is 5.82 Å². The summed E-state index contributed by atoms with van der Waals surface area (Å²) in [7, 11) is 0. The Hall–Kier alpha value is -1.13. The van der Waals surface area contributed by atoms with Gasteiger partial charge in [0, 0.05) is 18.6 Å². The molecule has 1 aromatic rings. The van der Waals surface area contributed by atoms with Crippen molar-refractivity contribution in [2.45, 2.75) is 32.4 Å². The lowest BCUT2D eigenvalue weighted by Crippen LogP contribution is -2.44. The molecule has 4 heteroatoms. The van der Waals surface area contributed by atoms with Crippen molar-refractivity contribution in [3.05, 3.63) is 29.6 Å². The normalized spacial score (nSPS) is 22.0. The maximum Gasteiger partial charge on any atom is 0.146 e. The summed E-state index contributed by atoms with van der Waals surface area (Å²) < 4.78 is 19.5. The van der Waals surface area contributed by atoms with Crippen LogP contribution in [0.1, 0.15) is 19.4 Å². The average molecular weight is 252 g/mol. The van der Waals surface area contributed by atoms with Gasteiger partial charge >= 0.3 is 0 Å². The molecule has 0 spiro atoms. The van der Waals surface area contributed by atoms with Gasteiger partial charge in [-0.05, 0) is 38.0 Å². The fourth-order valence-electron chi connectivity index (χ4n) is 2.37. The summed E-state index contributed by atoms with van der Waals surface area (Å²) in [4.78, 5) is 2.06. The first-order valence-electron chi connectivity index (χ1n) is 6.46. The largest absolute Gasteiger partial charge is 0.377 e. The number of anilines is 1. The van der Waals surface area contributed by atoms with Gasteiger partial charge < -0.3 is 15.4 Å². The molecular weight excluding hydrogens is 231 g/mol. The molecule has 2 rings (SSSR count). The van der Waals surface area contributed by atoms with E-state index in [9.17, 15) is 4.39 Å². The third kappa shape index (κ3) is 3.00. The predicted octanol–water partition coefficient (Wildman–Crippen LogP) is 1.94. The Labute approximate surface area is 108 Å². The molecule has 1 saturated heterocycles. The van der Waals surface area contributed by atoms with Crippen LogP contribution in [0.3, 0.4) is 0 Å². The lowest BCUT2D eigenvalue weighted by molar-refractivity contribution is 0.0986. The summed E-state index contributed by atoms with van der Waals surface area (Å²) in [6.07, 6.45) is 0.704. The highest BCUT2D eigenvalue weighted by molar-refractivity contribution is 5.50. The van der Waals surface area contributed by atoms with Crippen molar-refractivity contribution >= 4 is 5.69 Å². The highest BCUT2D eigenvalue weighted by atomic mass is 19.1. The second kappa shape index (κ2) is 5.67. The van der Waals surface area contributed by atoms with Crippen LogP contribution in [-0.4, -0.2) is 31.8 Å². The molecule has 2 N–H and O–H groups in total. The molecular formula is C14H21FN2O. The van der Waals surface area contributed by atoms with Crippen molar-refractivity contribution in [2.24, 2.45) is 5.73 Å². The maximum absolute atomic E-state index is 14.1. The number of nitrogens with two attached hydrogens (primary N) is 1. The second-order valence-electron chi connectivity index (χ2n) is 5.08. The molecule has 100 valence electrons. The lowest BCUT2D eigenvalue weighted by atomic mass is 10.1. The SMILES string of the molecule is CC(N)Cc1ccc(N2CCOCC2C)c(F)c1. The fourth-order valence-corrected chi connectivity index (χ4v) is 2.37. The van der Waals surface area contributed by atoms with Gasteiger partial charge in [-0.1, -0.05) is 6.07 Å². The quantitative estimate of drug-likeness (QED) is 0.893. The Bertz CT molecular complexity index is 409. The van der Waals surface area contributed by atoms with Crippen molar-refractivity contribution in [3.63, 3.8) is 0 Å². The lowest BCUT2D eigenvalue weighted by Gasteiger charge is -2.35. The standard InChI is InChI=1S/C14H21FN2O/c1-10(16)7-12-3-4-14(13(15)8-12)17-5-6-18-9-11(17)2/h3-4,8,10-11H,5-7,9,16H2,1-2H3. The Morgan fingerprint density at radius 2 is 2.33 bits per heavy atom. The number of hydrogen-bond acceptors (Lipinski definition) is 3. The third-order valence-corrected chi connectivity index (χ3v) is 3.25. The zero-order chi connectivity index (χ0) is 13.1. The van der Waals surface area contributed by atoms with Gasteiger partial charge in [0.1, 0.15) is 5.82 Å². The minimum atomic E-state index is -0.165. The summed E-state index contributed by atoms with van der Waals surface area (Å²) in [6, 6.07) is 5.68. The number of morpholine rings is 1. The van der Waals surface area contributed by atoms with Gasteiger partial charge in [0.05, 0.1) is 18.9 Å². The molecule has 1 aliphatic heterocycles. The summed E-state index contributed by atoms with van der Waals surface area (Å²) in [5, 5.41) is 0. The Morgan fingerprint density at radius 3 is 2.94 bits per heavy atom. The second-order valence-corrected chi connectivity index (χ2v) is 5.08. The van der Waals surface area contributed by atoms with E-state index in [1.54, 1.807) is 6.07 Å². The van der Waals surface area contributed by atoms with E-state index >= 15 is 0 Å². The van der Waals surface area contributed by atoms with Crippen LogP contribution in [0.5, 0.6) is 0 Å². The van der Waals surface area contributed by atoms with Gasteiger partial charge in [0.25, 0.3) is 0 Å². The molecule has 1 aliphatic rings. The number of benzene rings is 1. The van der Waals surface area contributed by atoms with Crippen molar-refractivity contribution in [1.29, 1.82) is 0 Å². The monoisotopic (exact) mass is 252 g/mol. The van der Waals surface area contributed by atoms with Gasteiger partial charge in [0.15, 0.2) is 0 Å². The average Bonchev–Trinajstić information content (AvgIpc) is 2.30. The van der Waals surface area contributed by atoms with Gasteiger partial charge in [-0.15, -0.1) is 0 Å². The Balaban J connectivity index is 2.18. The first-order chi connectivity index (χ1) is 8.58. The van der Waals surface area contributed by atoms with E-state index in [2.05, 4.69) is 11.8 Å². The van der Waals surface area contributed by atoms with Crippen LogP contribution in [0.2, 0.25) is 0 Å². The van der Waals surface area contributed by atoms with Crippen LogP contribution in [-0.2, 0) is 11.2 Å². The third-order valence-electron chi connectivity index (χ3n) is 3.25. The summed E-state index contributed by atoms with van der Waals surface area (Å²) >= 11 is 0. The number of ether oxygens (including phenoxy) is 1. The van der Waals surface area contributed by atoms with E-state index in [1.807, 2.05) is 19.1 Å². The van der Waals surface area contributed by atoms with Crippen molar-refractivity contribution in [1.82, 2.24) is 0 Å². The Morgan fingerprint density at radius 1 is 1.56 bits per heavy atom. The highest BCUT2D eigenvalue weighted by Crippen LogP contribution is 2.24. The predicted molar refractivity (Wildman–Crippen MR) is 71.4 cm³/mol. The summed E-state index contributed by atoms with van der Waals surface area (Å²) in [6.45, 7) is 6.03. The van der Waals surface area contributed by atoms with Crippen LogP contribution >= 0.6 is 0 Å². The number of nitrogens with zero attached hydrogens (tertiary/aromatic N) is 1. The van der Waals surface area contributed by atoms with E-state index in [1.165, 1.54) is 0 Å². The molecule has 1 fully saturated rings. The van der Waals surface area contributed by atoms with Crippen molar-refractivity contribution in [2.75, 3.05) is 24.7 Å². The van der Waals surface area contributed by atoms with Crippen LogP contribution in [0.25, 0.3) is 0 Å². The first-order valence-corrected chi connectivity index (χ1v) is 6.46. The molecule has 0 aliphatic carbocycles. The highest BCUT2D eigenvalue weighted by Gasteiger charge is 2.21. The van der Waals surface area contributed by atoms with Crippen LogP contribution < -0.4 is 10.6 Å². The summed E-state index contributed by atoms with van der Waals surface area (Å²) in [5.41, 5.74) is 7.35. The van der Waals surface area contributed by atoms with E-state index in [0.717, 1.165) is 12.1 Å². The topological polar surface area (TPSA) is 38.5 Å². The fraction of sp³-hybridized carbons (Fsp3) is 0.571. The van der Waals surface area contributed by atoms with E-state index in [-0.39, 0.29) is 17.9 Å². The molecule has 0 radical (unpaired) electrons. The zero-order valence-corrected chi connectivity index (χ0v) is 11.0. The van der Waals surface area contributed by atoms with E-state index in [0.29, 0.717) is 25.3 Å². The van der Waals surface area contributed by atoms with Gasteiger partial charge in [0.2, 0.25) is 0 Å². The molecule has 2 unspecified atom stereocenters. The van der Waals surface area contributed by atoms with Crippen molar-refractivity contribution in [3.8, 4) is 0 Å². The number of hydrogen-bond donors (Lipinski definition) is 1. The van der Waals surface area contributed by atoms with Gasteiger partial charge in [-0.25, -0.2) is 4.39 Å². The molecule has 0 saturated carbocycles. The molecule has 0 bridgehead atoms. The zero-order valence-electron chi connectivity index (χ0n) is 11.0. The first kappa shape index (κ1) is 13.3. The molecule has 1 aromatic carbocycles. The molecule has 18 heavy (non-hydrogen) atoms. The van der Waals surface area contributed by atoms with Crippen molar-refractivity contribution < 1.29 is 9.13 Å². The van der Waals surface area contributed by atoms with Crippen LogP contribution in [0.15, 0.2) is 18.2 Å². The number of halogens is 1. The van der Waals surface area contributed by atoms with Gasteiger partial charge in [-0.3, -0.25) is 0 Å². The molecule has 0 amide bonds. The summed E-state index contributed by atoms with van der Waals surface area (Å²) in [5.74, 6) is -0.165. The molecule has 3 nitrogen and oxygen atoms in total. The maximum atomic E-state index is 14.1. The minimum absolute atomic E-state index is 0.0533. The molecule has 2 atom stereocenters. The Kier molecular flexibility index (Phi) is 4.19.